The highest BCUT2D eigenvalue weighted by Crippen LogP contribution is 2.29. The number of amides is 1. The van der Waals surface area contributed by atoms with Crippen LogP contribution in [0.2, 0.25) is 0 Å². The fourth-order valence-electron chi connectivity index (χ4n) is 3.10. The number of benzene rings is 1. The van der Waals surface area contributed by atoms with E-state index in [4.69, 9.17) is 10.5 Å². The summed E-state index contributed by atoms with van der Waals surface area (Å²) in [6.45, 7) is 6.21. The van der Waals surface area contributed by atoms with Gasteiger partial charge in [0, 0.05) is 25.5 Å². The van der Waals surface area contributed by atoms with Gasteiger partial charge < -0.3 is 15.4 Å². The normalized spacial score (nSPS) is 18.0. The molecule has 1 saturated heterocycles. The largest absolute Gasteiger partial charge is 0.370 e. The van der Waals surface area contributed by atoms with Crippen molar-refractivity contribution >= 4 is 11.6 Å². The number of nitrogens with zero attached hydrogens (tertiary/aromatic N) is 2. The Labute approximate surface area is 136 Å². The lowest BCUT2D eigenvalue weighted by Gasteiger charge is -2.36. The maximum atomic E-state index is 11.6. The summed E-state index contributed by atoms with van der Waals surface area (Å²) in [5.74, 6) is -0.456. The molecule has 5 heteroatoms. The summed E-state index contributed by atoms with van der Waals surface area (Å²) in [4.78, 5) is 17.8. The summed E-state index contributed by atoms with van der Waals surface area (Å²) < 4.78 is 5.96. The predicted octanol–water partition coefficient (Wildman–Crippen LogP) is 2.38. The Morgan fingerprint density at radius 2 is 2.17 bits per heavy atom. The first-order chi connectivity index (χ1) is 11.1. The molecule has 0 saturated carbocycles. The van der Waals surface area contributed by atoms with Crippen molar-refractivity contribution in [2.45, 2.75) is 20.0 Å². The zero-order valence-electron chi connectivity index (χ0n) is 13.5. The van der Waals surface area contributed by atoms with Gasteiger partial charge in [-0.25, -0.2) is 0 Å². The van der Waals surface area contributed by atoms with Crippen LogP contribution in [0.4, 0.5) is 5.69 Å². The third-order valence-corrected chi connectivity index (χ3v) is 4.24. The molecular formula is C18H21N3O2. The molecule has 1 atom stereocenters. The molecule has 1 aromatic heterocycles. The summed E-state index contributed by atoms with van der Waals surface area (Å²) >= 11 is 0. The van der Waals surface area contributed by atoms with E-state index in [1.165, 1.54) is 22.9 Å². The van der Waals surface area contributed by atoms with Gasteiger partial charge in [-0.15, -0.1) is 0 Å². The molecule has 2 N–H and O–H groups in total. The number of nitrogens with two attached hydrogens (primary N) is 1. The third-order valence-electron chi connectivity index (χ3n) is 4.24. The second-order valence-electron chi connectivity index (χ2n) is 5.92. The van der Waals surface area contributed by atoms with Crippen LogP contribution in [0.3, 0.4) is 0 Å². The van der Waals surface area contributed by atoms with Crippen LogP contribution in [0.1, 0.15) is 33.2 Å². The van der Waals surface area contributed by atoms with Crippen LogP contribution in [0.15, 0.2) is 36.7 Å². The van der Waals surface area contributed by atoms with Gasteiger partial charge in [-0.05, 0) is 31.0 Å². The minimum absolute atomic E-state index is 0.0155. The van der Waals surface area contributed by atoms with E-state index in [0.29, 0.717) is 18.7 Å². The van der Waals surface area contributed by atoms with Gasteiger partial charge in [0.2, 0.25) is 0 Å². The Balaban J connectivity index is 1.88. The first-order valence-corrected chi connectivity index (χ1v) is 7.74. The zero-order chi connectivity index (χ0) is 16.4. The molecular weight excluding hydrogens is 290 g/mol. The fraction of sp³-hybridized carbons (Fsp3) is 0.333. The van der Waals surface area contributed by atoms with Gasteiger partial charge in [0.1, 0.15) is 6.10 Å². The SMILES string of the molecule is Cc1ccc(C2CN(c3ccncc3C(N)=O)CCO2)c(C)c1. The standard InChI is InChI=1S/C18H21N3O2/c1-12-3-4-14(13(2)9-12)17-11-21(7-8-23-17)16-5-6-20-10-15(16)18(19)22/h3-6,9-10,17H,7-8,11H2,1-2H3,(H2,19,22). The monoisotopic (exact) mass is 311 g/mol. The number of aryl methyl sites for hydroxylation is 2. The average Bonchev–Trinajstić information content (AvgIpc) is 2.55. The number of carbonyl (C=O) groups is 1. The zero-order valence-corrected chi connectivity index (χ0v) is 13.5. The number of carbonyl (C=O) groups excluding carboxylic acids is 1. The summed E-state index contributed by atoms with van der Waals surface area (Å²) in [5.41, 5.74) is 10.4. The lowest BCUT2D eigenvalue weighted by molar-refractivity contribution is 0.0393. The van der Waals surface area contributed by atoms with Crippen LogP contribution >= 0.6 is 0 Å². The van der Waals surface area contributed by atoms with Crippen LogP contribution in [0.25, 0.3) is 0 Å². The Kier molecular flexibility index (Phi) is 4.30. The smallest absolute Gasteiger partial charge is 0.252 e. The first kappa shape index (κ1) is 15.5. The van der Waals surface area contributed by atoms with Gasteiger partial charge >= 0.3 is 0 Å². The molecule has 23 heavy (non-hydrogen) atoms. The van der Waals surface area contributed by atoms with Crippen molar-refractivity contribution in [1.82, 2.24) is 4.98 Å². The van der Waals surface area contributed by atoms with E-state index in [9.17, 15) is 4.79 Å². The van der Waals surface area contributed by atoms with E-state index in [2.05, 4.69) is 41.9 Å². The number of morpholine rings is 1. The molecule has 0 spiro atoms. The molecule has 0 bridgehead atoms. The van der Waals surface area contributed by atoms with Crippen LogP contribution < -0.4 is 10.6 Å². The lowest BCUT2D eigenvalue weighted by Crippen LogP contribution is -2.39. The van der Waals surface area contributed by atoms with E-state index in [-0.39, 0.29) is 6.10 Å². The van der Waals surface area contributed by atoms with Crippen molar-refractivity contribution in [1.29, 1.82) is 0 Å². The minimum Gasteiger partial charge on any atom is -0.370 e. The van der Waals surface area contributed by atoms with Gasteiger partial charge in [0.15, 0.2) is 0 Å². The van der Waals surface area contributed by atoms with E-state index < -0.39 is 5.91 Å². The van der Waals surface area contributed by atoms with Crippen molar-refractivity contribution in [2.24, 2.45) is 5.73 Å². The highest BCUT2D eigenvalue weighted by atomic mass is 16.5. The second-order valence-corrected chi connectivity index (χ2v) is 5.92. The molecule has 1 aliphatic rings. The third kappa shape index (κ3) is 3.19. The quantitative estimate of drug-likeness (QED) is 0.945. The Morgan fingerprint density at radius 3 is 2.91 bits per heavy atom. The lowest BCUT2D eigenvalue weighted by atomic mass is 9.99. The van der Waals surface area contributed by atoms with E-state index in [1.54, 1.807) is 6.20 Å². The summed E-state index contributed by atoms with van der Waals surface area (Å²) in [5, 5.41) is 0. The number of aromatic nitrogens is 1. The molecule has 120 valence electrons. The Morgan fingerprint density at radius 1 is 1.35 bits per heavy atom. The van der Waals surface area contributed by atoms with Crippen molar-refractivity contribution in [2.75, 3.05) is 24.6 Å². The molecule has 0 aliphatic carbocycles. The maximum Gasteiger partial charge on any atom is 0.252 e. The molecule has 1 fully saturated rings. The van der Waals surface area contributed by atoms with Gasteiger partial charge in [0.05, 0.1) is 17.9 Å². The molecule has 1 unspecified atom stereocenters. The van der Waals surface area contributed by atoms with Crippen LogP contribution in [-0.4, -0.2) is 30.6 Å². The molecule has 2 aromatic rings. The molecule has 1 aromatic carbocycles. The van der Waals surface area contributed by atoms with Gasteiger partial charge in [-0.1, -0.05) is 23.8 Å². The number of hydrogen-bond donors (Lipinski definition) is 1. The maximum absolute atomic E-state index is 11.6. The molecule has 1 aliphatic heterocycles. The van der Waals surface area contributed by atoms with E-state index in [0.717, 1.165) is 12.2 Å². The average molecular weight is 311 g/mol. The Hall–Kier alpha value is -2.40. The number of anilines is 1. The van der Waals surface area contributed by atoms with Crippen molar-refractivity contribution < 1.29 is 9.53 Å². The van der Waals surface area contributed by atoms with E-state index >= 15 is 0 Å². The van der Waals surface area contributed by atoms with Crippen LogP contribution in [0, 0.1) is 13.8 Å². The second kappa shape index (κ2) is 6.38. The van der Waals surface area contributed by atoms with Gasteiger partial charge in [-0.2, -0.15) is 0 Å². The van der Waals surface area contributed by atoms with Crippen molar-refractivity contribution in [3.05, 3.63) is 58.9 Å². The number of pyridine rings is 1. The Bertz CT molecular complexity index is 730. The molecule has 0 radical (unpaired) electrons. The van der Waals surface area contributed by atoms with Crippen LogP contribution in [-0.2, 0) is 4.74 Å². The minimum atomic E-state index is -0.456. The fourth-order valence-corrected chi connectivity index (χ4v) is 3.10. The highest BCUT2D eigenvalue weighted by Gasteiger charge is 2.25. The van der Waals surface area contributed by atoms with Crippen LogP contribution in [0.5, 0.6) is 0 Å². The number of rotatable bonds is 3. The molecule has 5 nitrogen and oxygen atoms in total. The highest BCUT2D eigenvalue weighted by molar-refractivity contribution is 5.98. The first-order valence-electron chi connectivity index (χ1n) is 7.74. The number of ether oxygens (including phenoxy) is 1. The molecule has 3 rings (SSSR count). The summed E-state index contributed by atoms with van der Waals surface area (Å²) in [6.07, 6.45) is 3.20. The van der Waals surface area contributed by atoms with Crippen molar-refractivity contribution in [3.63, 3.8) is 0 Å². The van der Waals surface area contributed by atoms with Gasteiger partial charge in [0.25, 0.3) is 5.91 Å². The van der Waals surface area contributed by atoms with Gasteiger partial charge in [-0.3, -0.25) is 9.78 Å². The topological polar surface area (TPSA) is 68.5 Å². The van der Waals surface area contributed by atoms with E-state index in [1.807, 2.05) is 6.07 Å². The molecule has 2 heterocycles. The predicted molar refractivity (Wildman–Crippen MR) is 89.6 cm³/mol. The number of primary amides is 1. The number of hydrogen-bond acceptors (Lipinski definition) is 4. The summed E-state index contributed by atoms with van der Waals surface area (Å²) in [7, 11) is 0. The molecule has 1 amide bonds. The van der Waals surface area contributed by atoms with Crippen molar-refractivity contribution in [3.8, 4) is 0 Å². The summed E-state index contributed by atoms with van der Waals surface area (Å²) in [6, 6.07) is 8.23.